The number of morpholine rings is 1. The van der Waals surface area contributed by atoms with Gasteiger partial charge in [-0.3, -0.25) is 5.32 Å². The van der Waals surface area contributed by atoms with E-state index in [-0.39, 0.29) is 29.4 Å². The molecule has 1 aliphatic heterocycles. The number of carbonyl (C=O) groups excluding carboxylic acids is 1. The number of ether oxygens (including phenoxy) is 1. The normalized spacial score (nSPS) is 20.1. The van der Waals surface area contributed by atoms with E-state index >= 15 is 0 Å². The highest BCUT2D eigenvalue weighted by atomic mass is 19.4. The van der Waals surface area contributed by atoms with Gasteiger partial charge in [0.05, 0.1) is 17.8 Å². The molecule has 0 unspecified atom stereocenters. The fourth-order valence-electron chi connectivity index (χ4n) is 3.20. The second-order valence-electron chi connectivity index (χ2n) is 6.79. The smallest absolute Gasteiger partial charge is 0.372 e. The van der Waals surface area contributed by atoms with Gasteiger partial charge in [0.25, 0.3) is 0 Å². The third kappa shape index (κ3) is 4.75. The Hall–Kier alpha value is -2.75. The van der Waals surface area contributed by atoms with Crippen molar-refractivity contribution in [2.24, 2.45) is 0 Å². The van der Waals surface area contributed by atoms with Crippen LogP contribution >= 0.6 is 0 Å². The number of nitrogens with zero attached hydrogens (tertiary/aromatic N) is 2. The van der Waals surface area contributed by atoms with E-state index in [2.05, 4.69) is 15.8 Å². The predicted octanol–water partition coefficient (Wildman–Crippen LogP) is 4.26. The van der Waals surface area contributed by atoms with Gasteiger partial charge in [0, 0.05) is 30.5 Å². The SMILES string of the molecule is Cc1cc(NC(=O)Nc2ccc(N3C[C@H](C)O[C@@H](C)C3)c(C(F)(F)F)c2)no1. The van der Waals surface area contributed by atoms with Crippen molar-refractivity contribution in [3.05, 3.63) is 35.6 Å². The van der Waals surface area contributed by atoms with E-state index in [1.807, 2.05) is 13.8 Å². The zero-order valence-corrected chi connectivity index (χ0v) is 15.6. The molecule has 3 rings (SSSR count). The number of benzene rings is 1. The highest BCUT2D eigenvalue weighted by Gasteiger charge is 2.36. The molecule has 152 valence electrons. The topological polar surface area (TPSA) is 79.6 Å². The van der Waals surface area contributed by atoms with Crippen molar-refractivity contribution in [2.75, 3.05) is 28.6 Å². The van der Waals surface area contributed by atoms with Gasteiger partial charge in [0.15, 0.2) is 5.82 Å². The second kappa shape index (κ2) is 7.70. The quantitative estimate of drug-likeness (QED) is 0.808. The van der Waals surface area contributed by atoms with Gasteiger partial charge in [0.1, 0.15) is 5.76 Å². The maximum absolute atomic E-state index is 13.7. The molecule has 2 aromatic rings. The van der Waals surface area contributed by atoms with Crippen LogP contribution in [0.2, 0.25) is 0 Å². The first kappa shape index (κ1) is 20.0. The Balaban J connectivity index is 1.81. The van der Waals surface area contributed by atoms with Gasteiger partial charge in [-0.1, -0.05) is 5.16 Å². The first-order chi connectivity index (χ1) is 13.1. The molecule has 0 saturated carbocycles. The number of hydrogen-bond acceptors (Lipinski definition) is 5. The van der Waals surface area contributed by atoms with E-state index in [9.17, 15) is 18.0 Å². The molecule has 1 aliphatic rings. The van der Waals surface area contributed by atoms with Crippen LogP contribution in [0.15, 0.2) is 28.8 Å². The van der Waals surface area contributed by atoms with Gasteiger partial charge in [-0.2, -0.15) is 13.2 Å². The number of anilines is 3. The van der Waals surface area contributed by atoms with Crippen LogP contribution in [0.25, 0.3) is 0 Å². The summed E-state index contributed by atoms with van der Waals surface area (Å²) in [7, 11) is 0. The van der Waals surface area contributed by atoms with Crippen LogP contribution in [0.1, 0.15) is 25.2 Å². The maximum atomic E-state index is 13.7. The molecule has 1 aromatic heterocycles. The summed E-state index contributed by atoms with van der Waals surface area (Å²) in [5, 5.41) is 8.38. The Labute approximate surface area is 159 Å². The summed E-state index contributed by atoms with van der Waals surface area (Å²) in [6.45, 7) is 6.00. The minimum absolute atomic E-state index is 0.0168. The van der Waals surface area contributed by atoms with Gasteiger partial charge in [-0.15, -0.1) is 0 Å². The van der Waals surface area contributed by atoms with Gasteiger partial charge in [0.2, 0.25) is 0 Å². The number of nitrogens with one attached hydrogen (secondary N) is 2. The highest BCUT2D eigenvalue weighted by molar-refractivity contribution is 5.99. The number of alkyl halides is 3. The van der Waals surface area contributed by atoms with Crippen molar-refractivity contribution in [3.8, 4) is 0 Å². The summed E-state index contributed by atoms with van der Waals surface area (Å²) in [6, 6.07) is 4.49. The van der Waals surface area contributed by atoms with Crippen LogP contribution in [0.5, 0.6) is 0 Å². The summed E-state index contributed by atoms with van der Waals surface area (Å²) < 4.78 is 51.4. The third-order valence-electron chi connectivity index (χ3n) is 4.19. The molecule has 2 heterocycles. The molecular weight excluding hydrogens is 377 g/mol. The standard InChI is InChI=1S/C18H21F3N4O3/c1-10-6-16(24-28-10)23-17(26)22-13-4-5-15(14(7-13)18(19,20)21)25-8-11(2)27-12(3)9-25/h4-7,11-12H,8-9H2,1-3H3,(H2,22,23,24,26)/t11-,12-/m0/s1. The van der Waals surface area contributed by atoms with Crippen LogP contribution < -0.4 is 15.5 Å². The molecule has 0 bridgehead atoms. The van der Waals surface area contributed by atoms with E-state index < -0.39 is 17.8 Å². The average molecular weight is 398 g/mol. The largest absolute Gasteiger partial charge is 0.418 e. The molecule has 2 atom stereocenters. The molecule has 2 N–H and O–H groups in total. The molecule has 0 spiro atoms. The van der Waals surface area contributed by atoms with E-state index in [1.165, 1.54) is 18.2 Å². The Morgan fingerprint density at radius 2 is 1.86 bits per heavy atom. The van der Waals surface area contributed by atoms with Crippen LogP contribution in [0.3, 0.4) is 0 Å². The van der Waals surface area contributed by atoms with Crippen molar-refractivity contribution in [3.63, 3.8) is 0 Å². The summed E-state index contributed by atoms with van der Waals surface area (Å²) in [5.41, 5.74) is -0.736. The minimum atomic E-state index is -4.57. The maximum Gasteiger partial charge on any atom is 0.418 e. The molecule has 0 radical (unpaired) electrons. The number of amides is 2. The van der Waals surface area contributed by atoms with Crippen molar-refractivity contribution in [2.45, 2.75) is 39.2 Å². The van der Waals surface area contributed by atoms with Crippen LogP contribution in [0.4, 0.5) is 35.2 Å². The van der Waals surface area contributed by atoms with Crippen molar-refractivity contribution in [1.82, 2.24) is 5.16 Å². The number of carbonyl (C=O) groups is 1. The average Bonchev–Trinajstić information content (AvgIpc) is 2.97. The number of hydrogen-bond donors (Lipinski definition) is 2. The zero-order valence-electron chi connectivity index (χ0n) is 15.6. The van der Waals surface area contributed by atoms with E-state index in [0.717, 1.165) is 6.07 Å². The lowest BCUT2D eigenvalue weighted by atomic mass is 10.1. The van der Waals surface area contributed by atoms with Gasteiger partial charge in [-0.05, 0) is 39.0 Å². The third-order valence-corrected chi connectivity index (χ3v) is 4.19. The van der Waals surface area contributed by atoms with Crippen molar-refractivity contribution >= 4 is 23.2 Å². The number of aromatic nitrogens is 1. The van der Waals surface area contributed by atoms with Crippen molar-refractivity contribution in [1.29, 1.82) is 0 Å². The molecule has 28 heavy (non-hydrogen) atoms. The molecular formula is C18H21F3N4O3. The van der Waals surface area contributed by atoms with E-state index in [0.29, 0.717) is 18.8 Å². The highest BCUT2D eigenvalue weighted by Crippen LogP contribution is 2.39. The zero-order chi connectivity index (χ0) is 20.5. The Kier molecular flexibility index (Phi) is 5.50. The molecule has 10 heteroatoms. The molecule has 0 aliphatic carbocycles. The molecule has 1 aromatic carbocycles. The van der Waals surface area contributed by atoms with Gasteiger partial charge >= 0.3 is 12.2 Å². The monoisotopic (exact) mass is 398 g/mol. The van der Waals surface area contributed by atoms with Crippen LogP contribution in [-0.2, 0) is 10.9 Å². The molecule has 2 amide bonds. The Morgan fingerprint density at radius 3 is 2.43 bits per heavy atom. The minimum Gasteiger partial charge on any atom is -0.372 e. The Bertz CT molecular complexity index is 843. The van der Waals surface area contributed by atoms with Crippen molar-refractivity contribution < 1.29 is 27.2 Å². The van der Waals surface area contributed by atoms with Crippen LogP contribution in [-0.4, -0.2) is 36.5 Å². The summed E-state index contributed by atoms with van der Waals surface area (Å²) in [6.07, 6.45) is -4.93. The van der Waals surface area contributed by atoms with Gasteiger partial charge < -0.3 is 19.5 Å². The number of halogens is 3. The number of rotatable bonds is 3. The molecule has 1 fully saturated rings. The number of aryl methyl sites for hydroxylation is 1. The molecule has 7 nitrogen and oxygen atoms in total. The lowest BCUT2D eigenvalue weighted by Gasteiger charge is -2.38. The Morgan fingerprint density at radius 1 is 1.18 bits per heavy atom. The summed E-state index contributed by atoms with van der Waals surface area (Å²) in [5.74, 6) is 0.659. The molecule has 1 saturated heterocycles. The second-order valence-corrected chi connectivity index (χ2v) is 6.79. The lowest BCUT2D eigenvalue weighted by Crippen LogP contribution is -2.46. The van der Waals surface area contributed by atoms with Gasteiger partial charge in [-0.25, -0.2) is 4.79 Å². The first-order valence-electron chi connectivity index (χ1n) is 8.75. The van der Waals surface area contributed by atoms with E-state index in [1.54, 1.807) is 11.8 Å². The first-order valence-corrected chi connectivity index (χ1v) is 8.75. The fourth-order valence-corrected chi connectivity index (χ4v) is 3.20. The number of urea groups is 1. The summed E-state index contributed by atoms with van der Waals surface area (Å²) >= 11 is 0. The van der Waals surface area contributed by atoms with Crippen LogP contribution in [0, 0.1) is 6.92 Å². The summed E-state index contributed by atoms with van der Waals surface area (Å²) in [4.78, 5) is 13.7. The van der Waals surface area contributed by atoms with E-state index in [4.69, 9.17) is 9.26 Å². The lowest BCUT2D eigenvalue weighted by molar-refractivity contribution is -0.137. The fraction of sp³-hybridized carbons (Fsp3) is 0.444. The predicted molar refractivity (Wildman–Crippen MR) is 97.5 cm³/mol.